The second-order valence-corrected chi connectivity index (χ2v) is 24.6. The van der Waals surface area contributed by atoms with E-state index in [-0.39, 0.29) is 11.3 Å². The minimum absolute atomic E-state index is 0.0790. The van der Waals surface area contributed by atoms with Crippen LogP contribution in [-0.2, 0) is 9.05 Å². The first-order chi connectivity index (χ1) is 26.6. The van der Waals surface area contributed by atoms with Crippen LogP contribution in [-0.4, -0.2) is 17.5 Å². The fraction of sp³-hybridized carbons (Fsp3) is 0.245. The summed E-state index contributed by atoms with van der Waals surface area (Å²) in [7, 11) is 0. The fourth-order valence-electron chi connectivity index (χ4n) is 10.4. The molecule has 276 valence electrons. The van der Waals surface area contributed by atoms with Gasteiger partial charge in [0.25, 0.3) is 0 Å². The molecule has 2 saturated carbocycles. The second kappa shape index (κ2) is 15.3. The van der Waals surface area contributed by atoms with Gasteiger partial charge in [0.15, 0.2) is 0 Å². The van der Waals surface area contributed by atoms with E-state index >= 15 is 4.79 Å². The summed E-state index contributed by atoms with van der Waals surface area (Å²) in [4.78, 5) is 16.2. The van der Waals surface area contributed by atoms with E-state index in [1.54, 1.807) is 0 Å². The first-order valence-corrected chi connectivity index (χ1v) is 24.4. The Bertz CT molecular complexity index is 1760. The molecule has 0 radical (unpaired) electrons. The van der Waals surface area contributed by atoms with Crippen LogP contribution < -0.4 is 31.8 Å². The normalized spacial score (nSPS) is 17.3. The van der Waals surface area contributed by atoms with E-state index in [0.717, 1.165) is 83.2 Å². The molecule has 8 rings (SSSR count). The van der Waals surface area contributed by atoms with E-state index in [4.69, 9.17) is 9.05 Å². The Morgan fingerprint density at radius 2 is 0.537 bits per heavy atom. The van der Waals surface area contributed by atoms with E-state index < -0.39 is 19.8 Å². The summed E-state index contributed by atoms with van der Waals surface area (Å²) < 4.78 is 15.7. The van der Waals surface area contributed by atoms with E-state index in [0.29, 0.717) is 0 Å². The van der Waals surface area contributed by atoms with Crippen molar-refractivity contribution in [2.24, 2.45) is 0 Å². The van der Waals surface area contributed by atoms with Gasteiger partial charge in [0.05, 0.1) is 0 Å². The zero-order valence-corrected chi connectivity index (χ0v) is 33.0. The Morgan fingerprint density at radius 3 is 0.741 bits per heavy atom. The van der Waals surface area contributed by atoms with Crippen LogP contribution in [0.3, 0.4) is 0 Å². The fourth-order valence-corrected chi connectivity index (χ4v) is 23.7. The van der Waals surface area contributed by atoms with Crippen molar-refractivity contribution in [2.45, 2.75) is 75.5 Å². The maximum atomic E-state index is 16.2. The van der Waals surface area contributed by atoms with Crippen molar-refractivity contribution in [3.8, 4) is 0 Å². The third-order valence-electron chi connectivity index (χ3n) is 12.7. The third kappa shape index (κ3) is 5.58. The van der Waals surface area contributed by atoms with Gasteiger partial charge >= 0.3 is 323 Å². The van der Waals surface area contributed by atoms with Crippen LogP contribution in [0.2, 0.25) is 0 Å². The van der Waals surface area contributed by atoms with Gasteiger partial charge in [-0.1, -0.05) is 0 Å². The van der Waals surface area contributed by atoms with Crippen LogP contribution in [0, 0.1) is 0 Å². The number of hydrogen-bond donors (Lipinski definition) is 0. The standard InChI is InChI=1S/C49H52O3P2/c50-49(51-53(41-25-9-1-10-26-41,42-27-11-2-12-28-42,43-29-13-3-14-30-43)44-31-15-4-16-32-44)52-54(45-33-17-5-18-34-45,46-35-19-6-20-36-46,47-37-21-7-22-38-47)48-39-23-8-24-40-48/h1-3,5-7,9-14,17-22,25-30,33-38,44,48H,4,8,15-16,23-24,31-32,39-40H2. The van der Waals surface area contributed by atoms with Crippen molar-refractivity contribution in [1.29, 1.82) is 0 Å². The number of benzene rings is 6. The average molecular weight is 751 g/mol. The van der Waals surface area contributed by atoms with Crippen molar-refractivity contribution in [3.05, 3.63) is 182 Å². The molecule has 0 unspecified atom stereocenters. The molecule has 0 saturated heterocycles. The van der Waals surface area contributed by atoms with Gasteiger partial charge in [-0.25, -0.2) is 0 Å². The topological polar surface area (TPSA) is 35.5 Å². The molecular weight excluding hydrogens is 698 g/mol. The second-order valence-electron chi connectivity index (χ2n) is 15.2. The molecule has 0 amide bonds. The molecule has 54 heavy (non-hydrogen) atoms. The molecule has 6 aromatic rings. The van der Waals surface area contributed by atoms with Gasteiger partial charge in [0, 0.05) is 0 Å². The molecule has 0 bridgehead atoms. The SMILES string of the molecule is O=C(OP(c1ccccc1)(c1ccccc1)(c1ccccc1)C1CCCCC1)OP(c1ccccc1)(c1ccccc1)(c1ccccc1)C1CCCCC1. The van der Waals surface area contributed by atoms with E-state index in [9.17, 15) is 0 Å². The molecule has 0 N–H and O–H groups in total. The van der Waals surface area contributed by atoms with Crippen LogP contribution in [0.5, 0.6) is 0 Å². The van der Waals surface area contributed by atoms with Crippen LogP contribution in [0.25, 0.3) is 0 Å². The molecule has 0 spiro atoms. The van der Waals surface area contributed by atoms with E-state index in [1.807, 2.05) is 0 Å². The Morgan fingerprint density at radius 1 is 0.333 bits per heavy atom. The number of carbonyl (C=O) groups is 1. The number of carbonyl (C=O) groups excluding carboxylic acids is 1. The Labute approximate surface area is 321 Å². The predicted molar refractivity (Wildman–Crippen MR) is 232 cm³/mol. The van der Waals surface area contributed by atoms with Gasteiger partial charge in [-0.2, -0.15) is 0 Å². The molecule has 0 heterocycles. The van der Waals surface area contributed by atoms with Gasteiger partial charge in [0.1, 0.15) is 0 Å². The van der Waals surface area contributed by atoms with E-state index in [2.05, 4.69) is 182 Å². The van der Waals surface area contributed by atoms with E-state index in [1.165, 1.54) is 12.8 Å². The third-order valence-corrected chi connectivity index (χ3v) is 25.5. The van der Waals surface area contributed by atoms with Crippen molar-refractivity contribution in [3.63, 3.8) is 0 Å². The Hall–Kier alpha value is -4.55. The average Bonchev–Trinajstić information content (AvgIpc) is 3.27. The molecule has 0 aliphatic heterocycles. The summed E-state index contributed by atoms with van der Waals surface area (Å²) in [5.41, 5.74) is 0.158. The predicted octanol–water partition coefficient (Wildman–Crippen LogP) is 10.7. The van der Waals surface area contributed by atoms with Gasteiger partial charge in [-0.3, -0.25) is 0 Å². The summed E-state index contributed by atoms with van der Waals surface area (Å²) in [6.45, 7) is -8.25. The molecule has 2 aliphatic rings. The van der Waals surface area contributed by atoms with Crippen molar-refractivity contribution >= 4 is 51.6 Å². The van der Waals surface area contributed by atoms with Crippen molar-refractivity contribution in [2.75, 3.05) is 0 Å². The van der Waals surface area contributed by atoms with Gasteiger partial charge in [-0.05, 0) is 0 Å². The summed E-state index contributed by atoms with van der Waals surface area (Å²) in [6.07, 6.45) is 10.0. The van der Waals surface area contributed by atoms with Crippen LogP contribution in [0.15, 0.2) is 182 Å². The zero-order chi connectivity index (χ0) is 36.8. The number of rotatable bonds is 10. The summed E-state index contributed by atoms with van der Waals surface area (Å²) in [5.74, 6) is 0. The molecule has 2 fully saturated rings. The molecule has 3 nitrogen and oxygen atoms in total. The summed E-state index contributed by atoms with van der Waals surface area (Å²) in [6, 6.07) is 64.3. The van der Waals surface area contributed by atoms with Gasteiger partial charge < -0.3 is 0 Å². The quantitative estimate of drug-likeness (QED) is 0.131. The molecule has 6 aromatic carbocycles. The molecule has 0 aromatic heterocycles. The Balaban J connectivity index is 1.47. The molecule has 5 heteroatoms. The summed E-state index contributed by atoms with van der Waals surface area (Å²) in [5, 5.41) is 6.43. The first-order valence-electron chi connectivity index (χ1n) is 19.9. The molecule has 2 aliphatic carbocycles. The maximum absolute atomic E-state index is 16.2. The molecule has 0 atom stereocenters. The van der Waals surface area contributed by atoms with Gasteiger partial charge in [0.2, 0.25) is 0 Å². The number of hydrogen-bond acceptors (Lipinski definition) is 3. The Kier molecular flexibility index (Phi) is 10.3. The van der Waals surface area contributed by atoms with Crippen molar-refractivity contribution < 1.29 is 13.8 Å². The summed E-state index contributed by atoms with van der Waals surface area (Å²) >= 11 is 0. The monoisotopic (exact) mass is 750 g/mol. The van der Waals surface area contributed by atoms with Crippen LogP contribution in [0.4, 0.5) is 4.79 Å². The van der Waals surface area contributed by atoms with Crippen LogP contribution >= 0.6 is 13.7 Å². The zero-order valence-electron chi connectivity index (χ0n) is 31.2. The van der Waals surface area contributed by atoms with Crippen molar-refractivity contribution in [1.82, 2.24) is 0 Å². The minimum atomic E-state index is -4.12. The molecular formula is C49H52O3P2. The first kappa shape index (κ1) is 36.4. The van der Waals surface area contributed by atoms with Gasteiger partial charge in [-0.15, -0.1) is 0 Å². The van der Waals surface area contributed by atoms with Crippen LogP contribution in [0.1, 0.15) is 64.2 Å².